The largest absolute Gasteiger partial charge is 0.300 e. The fourth-order valence-corrected chi connectivity index (χ4v) is 1.72. The zero-order chi connectivity index (χ0) is 9.52. The number of hydrogen-bond donors (Lipinski definition) is 0. The number of carbonyl (C=O) groups excluding carboxylic acids is 2. The summed E-state index contributed by atoms with van der Waals surface area (Å²) in [6, 6.07) is 0. The van der Waals surface area contributed by atoms with Gasteiger partial charge in [-0.3, -0.25) is 9.59 Å². The van der Waals surface area contributed by atoms with E-state index < -0.39 is 0 Å². The van der Waals surface area contributed by atoms with Gasteiger partial charge in [0, 0.05) is 25.7 Å². The van der Waals surface area contributed by atoms with Crippen LogP contribution in [0, 0.1) is 0 Å². The van der Waals surface area contributed by atoms with E-state index in [-0.39, 0.29) is 0 Å². The van der Waals surface area contributed by atoms with Crippen LogP contribution in [0.2, 0.25) is 0 Å². The molecule has 13 heavy (non-hydrogen) atoms. The molecule has 0 aromatic carbocycles. The first-order valence-electron chi connectivity index (χ1n) is 5.32. The van der Waals surface area contributed by atoms with Crippen molar-refractivity contribution in [3.8, 4) is 0 Å². The van der Waals surface area contributed by atoms with Gasteiger partial charge in [0.25, 0.3) is 0 Å². The van der Waals surface area contributed by atoms with Crippen LogP contribution in [-0.4, -0.2) is 11.6 Å². The molecule has 0 aliphatic heterocycles. The van der Waals surface area contributed by atoms with E-state index in [1.807, 2.05) is 0 Å². The lowest BCUT2D eigenvalue weighted by molar-refractivity contribution is -0.120. The number of hydrogen-bond acceptors (Lipinski definition) is 2. The summed E-state index contributed by atoms with van der Waals surface area (Å²) >= 11 is 0. The third kappa shape index (κ3) is 4.81. The van der Waals surface area contributed by atoms with Crippen molar-refractivity contribution in [2.75, 3.05) is 0 Å². The molecule has 0 saturated heterocycles. The van der Waals surface area contributed by atoms with E-state index in [2.05, 4.69) is 0 Å². The molecule has 2 rings (SSSR count). The lowest BCUT2D eigenvalue weighted by Gasteiger charge is -2.05. The second-order valence-electron chi connectivity index (χ2n) is 3.85. The summed E-state index contributed by atoms with van der Waals surface area (Å²) in [6.45, 7) is 0. The molecule has 2 nitrogen and oxygen atoms in total. The van der Waals surface area contributed by atoms with Gasteiger partial charge in [-0.1, -0.05) is 6.42 Å². The predicted molar refractivity (Wildman–Crippen MR) is 51.6 cm³/mol. The highest BCUT2D eigenvalue weighted by atomic mass is 16.1. The predicted octanol–water partition coefficient (Wildman–Crippen LogP) is 2.65. The second kappa shape index (κ2) is 5.90. The molecule has 2 aliphatic rings. The molecule has 0 bridgehead atoms. The molecule has 0 radical (unpaired) electrons. The molecule has 0 heterocycles. The molecule has 0 N–H and O–H groups in total. The maximum absolute atomic E-state index is 10.5. The van der Waals surface area contributed by atoms with Crippen molar-refractivity contribution in [1.82, 2.24) is 0 Å². The van der Waals surface area contributed by atoms with Crippen LogP contribution in [0.1, 0.15) is 57.8 Å². The summed E-state index contributed by atoms with van der Waals surface area (Å²) in [5, 5.41) is 0. The van der Waals surface area contributed by atoms with Gasteiger partial charge in [-0.05, 0) is 25.7 Å². The number of carbonyl (C=O) groups is 2. The van der Waals surface area contributed by atoms with Gasteiger partial charge in [0.05, 0.1) is 0 Å². The van der Waals surface area contributed by atoms with Crippen molar-refractivity contribution in [1.29, 1.82) is 0 Å². The fraction of sp³-hybridized carbons (Fsp3) is 0.818. The van der Waals surface area contributed by atoms with Crippen molar-refractivity contribution in [3.05, 3.63) is 0 Å². The minimum absolute atomic E-state index is 0.454. The highest BCUT2D eigenvalue weighted by Gasteiger charge is 2.07. The topological polar surface area (TPSA) is 34.1 Å². The van der Waals surface area contributed by atoms with Crippen molar-refractivity contribution in [2.45, 2.75) is 57.8 Å². The maximum Gasteiger partial charge on any atom is 0.132 e. The van der Waals surface area contributed by atoms with E-state index in [1.54, 1.807) is 0 Å². The summed E-state index contributed by atoms with van der Waals surface area (Å²) in [5.41, 5.74) is 0. The van der Waals surface area contributed by atoms with Gasteiger partial charge >= 0.3 is 0 Å². The van der Waals surface area contributed by atoms with Crippen LogP contribution in [0.15, 0.2) is 0 Å². The molecular formula is C11H18O2. The Kier molecular flexibility index (Phi) is 4.73. The van der Waals surface area contributed by atoms with Crippen LogP contribution in [0.3, 0.4) is 0 Å². The third-order valence-corrected chi connectivity index (χ3v) is 2.57. The summed E-state index contributed by atoms with van der Waals surface area (Å²) < 4.78 is 0. The van der Waals surface area contributed by atoms with Gasteiger partial charge < -0.3 is 0 Å². The van der Waals surface area contributed by atoms with Gasteiger partial charge in [0.1, 0.15) is 11.6 Å². The monoisotopic (exact) mass is 182 g/mol. The van der Waals surface area contributed by atoms with Crippen molar-refractivity contribution >= 4 is 11.6 Å². The van der Waals surface area contributed by atoms with Crippen LogP contribution in [0.5, 0.6) is 0 Å². The highest BCUT2D eigenvalue weighted by molar-refractivity contribution is 5.80. The molecule has 0 atom stereocenters. The molecule has 0 amide bonds. The lowest BCUT2D eigenvalue weighted by Crippen LogP contribution is -2.02. The van der Waals surface area contributed by atoms with Crippen LogP contribution in [-0.2, 0) is 9.59 Å². The molecule has 0 unspecified atom stereocenters. The van der Waals surface area contributed by atoms with Gasteiger partial charge in [-0.2, -0.15) is 0 Å². The number of rotatable bonds is 0. The Morgan fingerprint density at radius 1 is 0.538 bits per heavy atom. The summed E-state index contributed by atoms with van der Waals surface area (Å²) in [4.78, 5) is 20.7. The fourth-order valence-electron chi connectivity index (χ4n) is 1.72. The number of Topliss-reactive ketones (excluding diaryl/α,β-unsaturated/α-hetero) is 2. The van der Waals surface area contributed by atoms with Gasteiger partial charge in [0.15, 0.2) is 0 Å². The Morgan fingerprint density at radius 3 is 1.08 bits per heavy atom. The first-order valence-corrected chi connectivity index (χ1v) is 5.32. The van der Waals surface area contributed by atoms with Crippen molar-refractivity contribution in [2.24, 2.45) is 0 Å². The highest BCUT2D eigenvalue weighted by Crippen LogP contribution is 2.12. The van der Waals surface area contributed by atoms with Crippen molar-refractivity contribution < 1.29 is 9.59 Å². The molecule has 2 aliphatic carbocycles. The van der Waals surface area contributed by atoms with Gasteiger partial charge in [-0.15, -0.1) is 0 Å². The molecule has 2 saturated carbocycles. The average Bonchev–Trinajstić information content (AvgIpc) is 2.58. The maximum atomic E-state index is 10.5. The van der Waals surface area contributed by atoms with E-state index in [1.165, 1.54) is 6.42 Å². The first-order chi connectivity index (χ1) is 6.29. The first kappa shape index (κ1) is 10.4. The van der Waals surface area contributed by atoms with Crippen LogP contribution >= 0.6 is 0 Å². The van der Waals surface area contributed by atoms with E-state index in [4.69, 9.17) is 0 Å². The second-order valence-corrected chi connectivity index (χ2v) is 3.85. The van der Waals surface area contributed by atoms with Crippen molar-refractivity contribution in [3.63, 3.8) is 0 Å². The van der Waals surface area contributed by atoms with E-state index in [0.717, 1.165) is 51.4 Å². The molecular weight excluding hydrogens is 164 g/mol. The molecule has 0 aromatic heterocycles. The molecule has 0 aromatic rings. The molecule has 0 spiro atoms. The Morgan fingerprint density at radius 2 is 0.846 bits per heavy atom. The van der Waals surface area contributed by atoms with Gasteiger partial charge in [-0.25, -0.2) is 0 Å². The zero-order valence-electron chi connectivity index (χ0n) is 8.18. The summed E-state index contributed by atoms with van der Waals surface area (Å²) in [6.07, 6.45) is 9.21. The lowest BCUT2D eigenvalue weighted by atomic mass is 10.00. The average molecular weight is 182 g/mol. The summed E-state index contributed by atoms with van der Waals surface area (Å²) in [5.74, 6) is 0.918. The van der Waals surface area contributed by atoms with Crippen LogP contribution in [0.25, 0.3) is 0 Å². The molecule has 2 fully saturated rings. The van der Waals surface area contributed by atoms with E-state index in [0.29, 0.717) is 11.6 Å². The molecule has 74 valence electrons. The minimum Gasteiger partial charge on any atom is -0.300 e. The Hall–Kier alpha value is -0.660. The smallest absolute Gasteiger partial charge is 0.132 e. The van der Waals surface area contributed by atoms with E-state index in [9.17, 15) is 9.59 Å². The van der Waals surface area contributed by atoms with Gasteiger partial charge in [0.2, 0.25) is 0 Å². The SMILES string of the molecule is O=C1CCCC1.O=C1CCCCC1. The zero-order valence-corrected chi connectivity index (χ0v) is 8.18. The number of ketones is 2. The standard InChI is InChI=1S/C6H10O.C5H8O/c7-6-4-2-1-3-5-6;6-5-3-1-2-4-5/h1-5H2;1-4H2. The molecule has 2 heteroatoms. The van der Waals surface area contributed by atoms with Crippen LogP contribution < -0.4 is 0 Å². The Bertz CT molecular complexity index is 169. The van der Waals surface area contributed by atoms with Crippen LogP contribution in [0.4, 0.5) is 0 Å². The minimum atomic E-state index is 0.454. The van der Waals surface area contributed by atoms with E-state index >= 15 is 0 Å². The quantitative estimate of drug-likeness (QED) is 0.577. The Balaban J connectivity index is 0.000000132. The summed E-state index contributed by atoms with van der Waals surface area (Å²) in [7, 11) is 0. The Labute approximate surface area is 79.7 Å². The third-order valence-electron chi connectivity index (χ3n) is 2.57. The normalized spacial score (nSPS) is 22.5.